The van der Waals surface area contributed by atoms with E-state index in [1.165, 1.54) is 22.6 Å². The summed E-state index contributed by atoms with van der Waals surface area (Å²) in [5.41, 5.74) is -6.05. The highest BCUT2D eigenvalue weighted by Crippen LogP contribution is 2.61. The second-order valence-electron chi connectivity index (χ2n) is 6.24. The number of hydrogen-bond acceptors (Lipinski definition) is 0. The molecule has 0 radical (unpaired) electrons. The maximum absolute atomic E-state index is 14.7. The summed E-state index contributed by atoms with van der Waals surface area (Å²) in [6.07, 6.45) is -12.9. The first-order chi connectivity index (χ1) is 11.9. The van der Waals surface area contributed by atoms with Crippen molar-refractivity contribution in [3.8, 4) is 0 Å². The van der Waals surface area contributed by atoms with Crippen LogP contribution in [0, 0.1) is 5.92 Å². The van der Waals surface area contributed by atoms with Crippen molar-refractivity contribution in [3.63, 3.8) is 0 Å². The van der Waals surface area contributed by atoms with Crippen molar-refractivity contribution in [2.75, 3.05) is 0 Å². The second-order valence-corrected chi connectivity index (χ2v) is 7.84. The summed E-state index contributed by atoms with van der Waals surface area (Å²) >= 11 is 1.21. The van der Waals surface area contributed by atoms with Gasteiger partial charge in [0.15, 0.2) is 0 Å². The van der Waals surface area contributed by atoms with E-state index in [-0.39, 0.29) is 12.8 Å². The fraction of sp³-hybridized carbons (Fsp3) is 1.00. The molecule has 0 spiro atoms. The van der Waals surface area contributed by atoms with Crippen LogP contribution in [-0.4, -0.2) is 33.8 Å². The predicted molar refractivity (Wildman–Crippen MR) is 86.2 cm³/mol. The Bertz CT molecular complexity index is 458. The molecule has 0 rings (SSSR count). The maximum Gasteiger partial charge on any atom is 0.460 e. The molecule has 0 aliphatic rings. The van der Waals surface area contributed by atoms with Gasteiger partial charge in [-0.2, -0.15) is 43.9 Å². The maximum atomic E-state index is 14.7. The van der Waals surface area contributed by atoms with Gasteiger partial charge in [-0.1, -0.05) is 62.1 Å². The van der Waals surface area contributed by atoms with E-state index in [1.807, 2.05) is 6.92 Å². The van der Waals surface area contributed by atoms with Gasteiger partial charge in [0.25, 0.3) is 5.67 Å². The van der Waals surface area contributed by atoms with E-state index >= 15 is 0 Å². The molecule has 3 atom stereocenters. The van der Waals surface area contributed by atoms with Crippen LogP contribution in [0.15, 0.2) is 0 Å². The summed E-state index contributed by atoms with van der Waals surface area (Å²) < 4.78 is 144. The number of unbranched alkanes of at least 4 members (excludes halogenated alkanes) is 3. The standard InChI is InChI=1S/C15H20F11I/c1-3-5-6-7-8-10(27)9(4-2)11(16,14(21,22)23)12(17,18)13(19,20)15(24,25)26/h9-10H,3-8H2,1-2H3. The predicted octanol–water partition coefficient (Wildman–Crippen LogP) is 7.89. The molecule has 0 aromatic heterocycles. The van der Waals surface area contributed by atoms with Crippen LogP contribution in [0.2, 0.25) is 0 Å². The highest BCUT2D eigenvalue weighted by atomic mass is 127. The lowest BCUT2D eigenvalue weighted by molar-refractivity contribution is -0.419. The van der Waals surface area contributed by atoms with Gasteiger partial charge in [-0.3, -0.25) is 0 Å². The van der Waals surface area contributed by atoms with Crippen molar-refractivity contribution in [3.05, 3.63) is 0 Å². The molecule has 0 saturated heterocycles. The molecule has 0 bridgehead atoms. The Hall–Kier alpha value is -0.0400. The molecule has 12 heteroatoms. The molecule has 0 aromatic carbocycles. The van der Waals surface area contributed by atoms with Crippen LogP contribution >= 0.6 is 22.6 Å². The molecule has 27 heavy (non-hydrogen) atoms. The minimum absolute atomic E-state index is 0.202. The Morgan fingerprint density at radius 3 is 1.48 bits per heavy atom. The minimum Gasteiger partial charge on any atom is -0.226 e. The first-order valence-electron chi connectivity index (χ1n) is 8.15. The zero-order chi connectivity index (χ0) is 21.9. The van der Waals surface area contributed by atoms with Crippen LogP contribution < -0.4 is 0 Å². The lowest BCUT2D eigenvalue weighted by atomic mass is 9.75. The molecule has 0 N–H and O–H groups in total. The zero-order valence-electron chi connectivity index (χ0n) is 14.4. The largest absolute Gasteiger partial charge is 0.460 e. The molecule has 0 heterocycles. The van der Waals surface area contributed by atoms with E-state index in [9.17, 15) is 48.3 Å². The van der Waals surface area contributed by atoms with Gasteiger partial charge in [-0.25, -0.2) is 4.39 Å². The third-order valence-electron chi connectivity index (χ3n) is 4.34. The summed E-state index contributed by atoms with van der Waals surface area (Å²) in [5.74, 6) is -17.0. The van der Waals surface area contributed by atoms with Crippen molar-refractivity contribution >= 4 is 22.6 Å². The first kappa shape index (κ1) is 27.0. The molecule has 0 aromatic rings. The second kappa shape index (κ2) is 9.19. The summed E-state index contributed by atoms with van der Waals surface area (Å²) in [7, 11) is 0. The average Bonchev–Trinajstić information content (AvgIpc) is 2.49. The Morgan fingerprint density at radius 2 is 1.15 bits per heavy atom. The molecule has 0 saturated carbocycles. The average molecular weight is 536 g/mol. The van der Waals surface area contributed by atoms with Gasteiger partial charge < -0.3 is 0 Å². The Balaban J connectivity index is 6.13. The van der Waals surface area contributed by atoms with Crippen LogP contribution in [0.4, 0.5) is 48.3 Å². The summed E-state index contributed by atoms with van der Waals surface area (Å²) in [4.78, 5) is 0. The van der Waals surface area contributed by atoms with E-state index in [2.05, 4.69) is 0 Å². The highest BCUT2D eigenvalue weighted by Gasteiger charge is 2.88. The quantitative estimate of drug-likeness (QED) is 0.115. The molecule has 0 fully saturated rings. The van der Waals surface area contributed by atoms with E-state index in [0.29, 0.717) is 12.8 Å². The minimum atomic E-state index is -7.20. The monoisotopic (exact) mass is 536 g/mol. The number of alkyl halides is 12. The van der Waals surface area contributed by atoms with Gasteiger partial charge in [0, 0.05) is 9.84 Å². The summed E-state index contributed by atoms with van der Waals surface area (Å²) in [6, 6.07) is 0. The Labute approximate surface area is 163 Å². The van der Waals surface area contributed by atoms with Crippen LogP contribution in [0.1, 0.15) is 52.4 Å². The Kier molecular flexibility index (Phi) is 9.17. The van der Waals surface area contributed by atoms with Gasteiger partial charge >= 0.3 is 24.2 Å². The van der Waals surface area contributed by atoms with Crippen molar-refractivity contribution in [1.29, 1.82) is 0 Å². The van der Waals surface area contributed by atoms with Gasteiger partial charge in [0.1, 0.15) is 0 Å². The zero-order valence-corrected chi connectivity index (χ0v) is 16.6. The van der Waals surface area contributed by atoms with E-state index < -0.39 is 46.1 Å². The van der Waals surface area contributed by atoms with Crippen molar-refractivity contribution < 1.29 is 48.3 Å². The third-order valence-corrected chi connectivity index (χ3v) is 5.83. The summed E-state index contributed by atoms with van der Waals surface area (Å²) in [6.45, 7) is 2.65. The number of halogens is 12. The molecule has 0 aliphatic heterocycles. The van der Waals surface area contributed by atoms with Crippen LogP contribution in [0.5, 0.6) is 0 Å². The molecule has 0 aliphatic carbocycles. The van der Waals surface area contributed by atoms with Gasteiger partial charge in [-0.05, 0) is 12.8 Å². The van der Waals surface area contributed by atoms with Crippen molar-refractivity contribution in [2.45, 2.75) is 86.2 Å². The molecule has 0 amide bonds. The van der Waals surface area contributed by atoms with Gasteiger partial charge in [-0.15, -0.1) is 0 Å². The van der Waals surface area contributed by atoms with E-state index in [0.717, 1.165) is 13.3 Å². The van der Waals surface area contributed by atoms with Gasteiger partial charge in [0.05, 0.1) is 0 Å². The lowest BCUT2D eigenvalue weighted by Gasteiger charge is -2.44. The fourth-order valence-corrected chi connectivity index (χ4v) is 4.23. The van der Waals surface area contributed by atoms with Crippen molar-refractivity contribution in [1.82, 2.24) is 0 Å². The van der Waals surface area contributed by atoms with Gasteiger partial charge in [0.2, 0.25) is 0 Å². The Morgan fingerprint density at radius 1 is 0.667 bits per heavy atom. The fourth-order valence-electron chi connectivity index (χ4n) is 2.78. The SMILES string of the molecule is CCCCCCC(I)C(CC)C(F)(C(F)(F)F)C(F)(F)C(F)(F)C(F)(F)F. The van der Waals surface area contributed by atoms with Crippen molar-refractivity contribution in [2.24, 2.45) is 5.92 Å². The number of rotatable bonds is 10. The first-order valence-corrected chi connectivity index (χ1v) is 9.40. The summed E-state index contributed by atoms with van der Waals surface area (Å²) in [5, 5.41) is 0. The molecular formula is C15H20F11I. The molecule has 3 unspecified atom stereocenters. The van der Waals surface area contributed by atoms with Crippen LogP contribution in [0.3, 0.4) is 0 Å². The highest BCUT2D eigenvalue weighted by molar-refractivity contribution is 14.1. The van der Waals surface area contributed by atoms with E-state index in [4.69, 9.17) is 0 Å². The molecule has 164 valence electrons. The smallest absolute Gasteiger partial charge is 0.226 e. The normalized spacial score (nSPS) is 18.9. The lowest BCUT2D eigenvalue weighted by Crippen LogP contribution is -2.71. The molecule has 0 nitrogen and oxygen atoms in total. The third kappa shape index (κ3) is 5.12. The van der Waals surface area contributed by atoms with Crippen LogP contribution in [-0.2, 0) is 0 Å². The van der Waals surface area contributed by atoms with E-state index in [1.54, 1.807) is 0 Å². The van der Waals surface area contributed by atoms with Crippen LogP contribution in [0.25, 0.3) is 0 Å². The molecular weight excluding hydrogens is 516 g/mol. The number of hydrogen-bond donors (Lipinski definition) is 0. The topological polar surface area (TPSA) is 0 Å².